The Morgan fingerprint density at radius 2 is 1.76 bits per heavy atom. The highest BCUT2D eigenvalue weighted by molar-refractivity contribution is 5.54. The number of rotatable bonds is 4. The van der Waals surface area contributed by atoms with Gasteiger partial charge in [-0.05, 0) is 18.9 Å². The average molecular weight is 334 g/mol. The van der Waals surface area contributed by atoms with Crippen LogP contribution in [0.2, 0.25) is 0 Å². The minimum Gasteiger partial charge on any atom is -0.340 e. The van der Waals surface area contributed by atoms with Crippen molar-refractivity contribution >= 4 is 17.6 Å². The van der Waals surface area contributed by atoms with Crippen molar-refractivity contribution < 1.29 is 0 Å². The van der Waals surface area contributed by atoms with Crippen molar-refractivity contribution in [3.63, 3.8) is 0 Å². The van der Waals surface area contributed by atoms with E-state index in [1.54, 1.807) is 43.4 Å². The molecule has 0 spiro atoms. The largest absolute Gasteiger partial charge is 0.340 e. The van der Waals surface area contributed by atoms with Crippen molar-refractivity contribution in [3.8, 4) is 0 Å². The second kappa shape index (κ2) is 7.16. The Balaban J connectivity index is 1.57. The number of nitrogens with zero attached hydrogens (tertiary/aromatic N) is 7. The molecule has 25 heavy (non-hydrogen) atoms. The molecule has 0 radical (unpaired) electrons. The molecule has 1 atom stereocenters. The van der Waals surface area contributed by atoms with Crippen LogP contribution in [-0.4, -0.2) is 43.0 Å². The zero-order valence-electron chi connectivity index (χ0n) is 13.7. The van der Waals surface area contributed by atoms with Crippen molar-refractivity contribution in [2.24, 2.45) is 0 Å². The van der Waals surface area contributed by atoms with Crippen LogP contribution in [0.5, 0.6) is 0 Å². The van der Waals surface area contributed by atoms with Gasteiger partial charge in [0.1, 0.15) is 5.82 Å². The first-order valence-electron chi connectivity index (χ1n) is 8.26. The number of hydrogen-bond donors (Lipinski definition) is 1. The maximum atomic E-state index is 4.59. The molecule has 0 aliphatic carbocycles. The van der Waals surface area contributed by atoms with E-state index in [1.165, 1.54) is 0 Å². The maximum Gasteiger partial charge on any atom is 0.225 e. The molecule has 126 valence electrons. The van der Waals surface area contributed by atoms with E-state index in [2.05, 4.69) is 40.1 Å². The molecule has 0 saturated carbocycles. The zero-order valence-corrected chi connectivity index (χ0v) is 13.7. The minimum absolute atomic E-state index is 0.255. The SMILES string of the molecule is c1cnc(N2CCC[C@H](c3nccnc3Nc3cnccn3)C2)nc1. The monoisotopic (exact) mass is 334 g/mol. The smallest absolute Gasteiger partial charge is 0.225 e. The van der Waals surface area contributed by atoms with Crippen LogP contribution in [0.25, 0.3) is 0 Å². The van der Waals surface area contributed by atoms with Crippen molar-refractivity contribution in [1.82, 2.24) is 29.9 Å². The van der Waals surface area contributed by atoms with E-state index >= 15 is 0 Å². The second-order valence-corrected chi connectivity index (χ2v) is 5.84. The molecule has 0 amide bonds. The molecule has 1 N–H and O–H groups in total. The van der Waals surface area contributed by atoms with E-state index in [-0.39, 0.29) is 5.92 Å². The fourth-order valence-electron chi connectivity index (χ4n) is 3.07. The molecule has 0 unspecified atom stereocenters. The molecular weight excluding hydrogens is 316 g/mol. The van der Waals surface area contributed by atoms with Gasteiger partial charge in [-0.2, -0.15) is 0 Å². The van der Waals surface area contributed by atoms with Gasteiger partial charge in [0.2, 0.25) is 5.95 Å². The number of aromatic nitrogens is 6. The Kier molecular flexibility index (Phi) is 4.40. The van der Waals surface area contributed by atoms with Gasteiger partial charge in [-0.15, -0.1) is 0 Å². The quantitative estimate of drug-likeness (QED) is 0.776. The van der Waals surface area contributed by atoms with Gasteiger partial charge in [-0.1, -0.05) is 0 Å². The minimum atomic E-state index is 0.255. The van der Waals surface area contributed by atoms with E-state index in [0.717, 1.165) is 43.4 Å². The van der Waals surface area contributed by atoms with Crippen LogP contribution >= 0.6 is 0 Å². The van der Waals surface area contributed by atoms with Gasteiger partial charge in [0.05, 0.1) is 11.9 Å². The predicted octanol–water partition coefficient (Wildman–Crippen LogP) is 2.18. The lowest BCUT2D eigenvalue weighted by Gasteiger charge is -2.32. The highest BCUT2D eigenvalue weighted by atomic mass is 15.3. The predicted molar refractivity (Wildman–Crippen MR) is 93.6 cm³/mol. The van der Waals surface area contributed by atoms with Gasteiger partial charge in [0.25, 0.3) is 0 Å². The standard InChI is InChI=1S/C17H18N8/c1-3-13(12-25(10-1)17-22-4-2-5-23-17)15-16(21-9-8-20-15)24-14-11-18-6-7-19-14/h2,4-9,11,13H,1,3,10,12H2,(H,19,21,24)/t13-/m0/s1. The summed E-state index contributed by atoms with van der Waals surface area (Å²) in [6.45, 7) is 1.77. The molecule has 1 aliphatic rings. The van der Waals surface area contributed by atoms with Crippen LogP contribution in [0.15, 0.2) is 49.4 Å². The molecule has 1 aliphatic heterocycles. The summed E-state index contributed by atoms with van der Waals surface area (Å²) in [5, 5.41) is 3.23. The highest BCUT2D eigenvalue weighted by Crippen LogP contribution is 2.31. The number of piperidine rings is 1. The van der Waals surface area contributed by atoms with Gasteiger partial charge >= 0.3 is 0 Å². The van der Waals surface area contributed by atoms with E-state index in [1.807, 2.05) is 6.07 Å². The van der Waals surface area contributed by atoms with Crippen LogP contribution in [0.1, 0.15) is 24.5 Å². The Morgan fingerprint density at radius 1 is 0.920 bits per heavy atom. The van der Waals surface area contributed by atoms with Crippen LogP contribution in [0.3, 0.4) is 0 Å². The zero-order chi connectivity index (χ0) is 16.9. The third-order valence-corrected chi connectivity index (χ3v) is 4.18. The first-order valence-corrected chi connectivity index (χ1v) is 8.26. The Bertz CT molecular complexity index is 811. The first-order chi connectivity index (χ1) is 12.4. The fourth-order valence-corrected chi connectivity index (χ4v) is 3.07. The summed E-state index contributed by atoms with van der Waals surface area (Å²) in [6, 6.07) is 1.83. The summed E-state index contributed by atoms with van der Waals surface area (Å²) in [5.74, 6) is 2.40. The molecule has 8 nitrogen and oxygen atoms in total. The molecule has 8 heteroatoms. The highest BCUT2D eigenvalue weighted by Gasteiger charge is 2.26. The van der Waals surface area contributed by atoms with E-state index in [4.69, 9.17) is 0 Å². The van der Waals surface area contributed by atoms with E-state index < -0.39 is 0 Å². The molecule has 4 rings (SSSR count). The third kappa shape index (κ3) is 3.52. The first kappa shape index (κ1) is 15.4. The van der Waals surface area contributed by atoms with Crippen molar-refractivity contribution in [2.45, 2.75) is 18.8 Å². The van der Waals surface area contributed by atoms with Gasteiger partial charge in [-0.3, -0.25) is 9.97 Å². The summed E-state index contributed by atoms with van der Waals surface area (Å²) >= 11 is 0. The lowest BCUT2D eigenvalue weighted by atomic mass is 9.94. The number of hydrogen-bond acceptors (Lipinski definition) is 8. The summed E-state index contributed by atoms with van der Waals surface area (Å²) < 4.78 is 0. The van der Waals surface area contributed by atoms with Gasteiger partial charge in [0, 0.05) is 56.2 Å². The van der Waals surface area contributed by atoms with Gasteiger partial charge in [-0.25, -0.2) is 19.9 Å². The topological polar surface area (TPSA) is 92.6 Å². The lowest BCUT2D eigenvalue weighted by Crippen LogP contribution is -2.36. The molecular formula is C17H18N8. The van der Waals surface area contributed by atoms with Crippen LogP contribution in [0, 0.1) is 0 Å². The van der Waals surface area contributed by atoms with Crippen LogP contribution in [0.4, 0.5) is 17.6 Å². The molecule has 0 bridgehead atoms. The Morgan fingerprint density at radius 3 is 2.60 bits per heavy atom. The summed E-state index contributed by atoms with van der Waals surface area (Å²) in [5.41, 5.74) is 0.939. The van der Waals surface area contributed by atoms with Gasteiger partial charge < -0.3 is 10.2 Å². The summed E-state index contributed by atoms with van der Waals surface area (Å²) in [7, 11) is 0. The fraction of sp³-hybridized carbons (Fsp3) is 0.294. The lowest BCUT2D eigenvalue weighted by molar-refractivity contribution is 0.495. The summed E-state index contributed by atoms with van der Waals surface area (Å²) in [4.78, 5) is 28.3. The second-order valence-electron chi connectivity index (χ2n) is 5.84. The van der Waals surface area contributed by atoms with Crippen molar-refractivity contribution in [2.75, 3.05) is 23.3 Å². The Labute approximate surface area is 145 Å². The van der Waals surface area contributed by atoms with Crippen LogP contribution < -0.4 is 10.2 Å². The van der Waals surface area contributed by atoms with Crippen molar-refractivity contribution in [3.05, 3.63) is 55.1 Å². The average Bonchev–Trinajstić information content (AvgIpc) is 2.70. The van der Waals surface area contributed by atoms with Crippen molar-refractivity contribution in [1.29, 1.82) is 0 Å². The maximum absolute atomic E-state index is 4.59. The molecule has 1 saturated heterocycles. The normalized spacial score (nSPS) is 17.3. The number of anilines is 3. The molecule has 3 aromatic heterocycles. The van der Waals surface area contributed by atoms with E-state index in [0.29, 0.717) is 5.82 Å². The van der Waals surface area contributed by atoms with Gasteiger partial charge in [0.15, 0.2) is 5.82 Å². The van der Waals surface area contributed by atoms with Crippen LogP contribution in [-0.2, 0) is 0 Å². The molecule has 0 aromatic carbocycles. The number of nitrogens with one attached hydrogen (secondary N) is 1. The Hall–Kier alpha value is -3.16. The summed E-state index contributed by atoms with van der Waals surface area (Å²) in [6.07, 6.45) is 14.0. The molecule has 1 fully saturated rings. The third-order valence-electron chi connectivity index (χ3n) is 4.18. The molecule has 3 aromatic rings. The van der Waals surface area contributed by atoms with E-state index in [9.17, 15) is 0 Å². The molecule has 4 heterocycles.